The first kappa shape index (κ1) is 15.4. The molecule has 4 nitrogen and oxygen atoms in total. The van der Waals surface area contributed by atoms with E-state index in [9.17, 15) is 8.42 Å². The quantitative estimate of drug-likeness (QED) is 0.787. The van der Waals surface area contributed by atoms with Crippen molar-refractivity contribution in [3.63, 3.8) is 0 Å². The molecule has 7 heteroatoms. The van der Waals surface area contributed by atoms with E-state index in [4.69, 9.17) is 0 Å². The number of sulfonamides is 1. The predicted octanol–water partition coefficient (Wildman–Crippen LogP) is 2.66. The Balaban J connectivity index is 1.72. The molecule has 0 spiro atoms. The zero-order valence-corrected chi connectivity index (χ0v) is 14.0. The highest BCUT2D eigenvalue weighted by molar-refractivity contribution is 9.11. The lowest BCUT2D eigenvalue weighted by molar-refractivity contribution is 0.227. The maximum atomic E-state index is 12.0. The van der Waals surface area contributed by atoms with Crippen LogP contribution in [0.3, 0.4) is 0 Å². The van der Waals surface area contributed by atoms with E-state index in [0.29, 0.717) is 10.8 Å². The average Bonchev–Trinajstić information content (AvgIpc) is 2.84. The number of nitrogens with one attached hydrogen (secondary N) is 1. The van der Waals surface area contributed by atoms with Gasteiger partial charge in [-0.05, 0) is 67.0 Å². The van der Waals surface area contributed by atoms with E-state index < -0.39 is 10.0 Å². The molecule has 1 aliphatic heterocycles. The molecule has 1 fully saturated rings. The summed E-state index contributed by atoms with van der Waals surface area (Å²) in [5.41, 5.74) is 0. The third kappa shape index (κ3) is 4.82. The molecule has 0 amide bonds. The van der Waals surface area contributed by atoms with Crippen LogP contribution in [0.4, 0.5) is 0 Å². The van der Waals surface area contributed by atoms with Crippen molar-refractivity contribution in [3.8, 4) is 0 Å². The molecule has 0 aromatic carbocycles. The van der Waals surface area contributed by atoms with Gasteiger partial charge >= 0.3 is 0 Å². The van der Waals surface area contributed by atoms with Gasteiger partial charge in [-0.2, -0.15) is 0 Å². The fourth-order valence-corrected chi connectivity index (χ4v) is 5.33. The summed E-state index contributed by atoms with van der Waals surface area (Å²) in [4.78, 5) is 2.42. The Morgan fingerprint density at radius 1 is 1.26 bits per heavy atom. The minimum Gasteiger partial charge on any atom is -0.303 e. The smallest absolute Gasteiger partial charge is 0.250 e. The standard InChI is InChI=1S/C12H19BrN2O2S2/c13-11-5-6-12(18-11)19(16,17)14-7-4-10-15-8-2-1-3-9-15/h5-6,14H,1-4,7-10H2. The molecule has 1 aromatic heterocycles. The van der Waals surface area contributed by atoms with Gasteiger partial charge < -0.3 is 4.90 Å². The second kappa shape index (κ2) is 7.17. The van der Waals surface area contributed by atoms with Crippen LogP contribution in [0.25, 0.3) is 0 Å². The molecule has 0 unspecified atom stereocenters. The Labute approximate surface area is 127 Å². The second-order valence-electron chi connectivity index (χ2n) is 4.71. The third-order valence-electron chi connectivity index (χ3n) is 3.21. The van der Waals surface area contributed by atoms with Gasteiger partial charge in [-0.3, -0.25) is 0 Å². The largest absolute Gasteiger partial charge is 0.303 e. The minimum atomic E-state index is -3.32. The van der Waals surface area contributed by atoms with Gasteiger partial charge in [0.25, 0.3) is 0 Å². The molecule has 19 heavy (non-hydrogen) atoms. The predicted molar refractivity (Wildman–Crippen MR) is 82.1 cm³/mol. The highest BCUT2D eigenvalue weighted by atomic mass is 79.9. The number of nitrogens with zero attached hydrogens (tertiary/aromatic N) is 1. The van der Waals surface area contributed by atoms with E-state index in [1.165, 1.54) is 30.6 Å². The van der Waals surface area contributed by atoms with Crippen molar-refractivity contribution in [1.82, 2.24) is 9.62 Å². The molecule has 1 saturated heterocycles. The monoisotopic (exact) mass is 366 g/mol. The van der Waals surface area contributed by atoms with Crippen molar-refractivity contribution in [3.05, 3.63) is 15.9 Å². The number of thiophene rings is 1. The molecule has 1 aromatic rings. The first-order chi connectivity index (χ1) is 9.08. The van der Waals surface area contributed by atoms with Crippen molar-refractivity contribution in [2.24, 2.45) is 0 Å². The molecule has 0 saturated carbocycles. The molecule has 2 rings (SSSR count). The van der Waals surface area contributed by atoms with Crippen molar-refractivity contribution < 1.29 is 8.42 Å². The fraction of sp³-hybridized carbons (Fsp3) is 0.667. The second-order valence-corrected chi connectivity index (χ2v) is 9.17. The van der Waals surface area contributed by atoms with Crippen molar-refractivity contribution in [2.45, 2.75) is 29.9 Å². The van der Waals surface area contributed by atoms with Gasteiger partial charge in [-0.1, -0.05) is 6.42 Å². The van der Waals surface area contributed by atoms with E-state index in [1.54, 1.807) is 12.1 Å². The topological polar surface area (TPSA) is 49.4 Å². The number of likely N-dealkylation sites (tertiary alicyclic amines) is 1. The van der Waals surface area contributed by atoms with Crippen molar-refractivity contribution in [1.29, 1.82) is 0 Å². The van der Waals surface area contributed by atoms with Gasteiger partial charge in [0, 0.05) is 6.54 Å². The van der Waals surface area contributed by atoms with E-state index in [-0.39, 0.29) is 0 Å². The number of rotatable bonds is 6. The fourth-order valence-electron chi connectivity index (χ4n) is 2.21. The highest BCUT2D eigenvalue weighted by Gasteiger charge is 2.16. The summed E-state index contributed by atoms with van der Waals surface area (Å²) in [5, 5.41) is 0. The molecule has 0 atom stereocenters. The Morgan fingerprint density at radius 3 is 2.63 bits per heavy atom. The first-order valence-electron chi connectivity index (χ1n) is 6.55. The molecule has 1 aliphatic rings. The highest BCUT2D eigenvalue weighted by Crippen LogP contribution is 2.25. The van der Waals surface area contributed by atoms with E-state index in [1.807, 2.05) is 0 Å². The minimum absolute atomic E-state index is 0.373. The van der Waals surface area contributed by atoms with Gasteiger partial charge in [0.2, 0.25) is 10.0 Å². The zero-order valence-electron chi connectivity index (χ0n) is 10.8. The molecule has 2 heterocycles. The van der Waals surface area contributed by atoms with Gasteiger partial charge in [0.15, 0.2) is 0 Å². The third-order valence-corrected chi connectivity index (χ3v) is 6.78. The molecule has 1 N–H and O–H groups in total. The first-order valence-corrected chi connectivity index (χ1v) is 9.64. The van der Waals surface area contributed by atoms with Crippen molar-refractivity contribution >= 4 is 37.3 Å². The van der Waals surface area contributed by atoms with Crippen LogP contribution in [0.2, 0.25) is 0 Å². The van der Waals surface area contributed by atoms with Gasteiger partial charge in [0.1, 0.15) is 4.21 Å². The summed E-state index contributed by atoms with van der Waals surface area (Å²) in [6.07, 6.45) is 4.74. The van der Waals surface area contributed by atoms with Gasteiger partial charge in [-0.15, -0.1) is 11.3 Å². The Kier molecular flexibility index (Phi) is 5.83. The number of hydrogen-bond acceptors (Lipinski definition) is 4. The zero-order chi connectivity index (χ0) is 13.7. The molecule has 0 radical (unpaired) electrons. The number of piperidine rings is 1. The van der Waals surface area contributed by atoms with Crippen LogP contribution >= 0.6 is 27.3 Å². The molecule has 108 valence electrons. The SMILES string of the molecule is O=S(=O)(NCCCN1CCCCC1)c1ccc(Br)s1. The maximum absolute atomic E-state index is 12.0. The van der Waals surface area contributed by atoms with Gasteiger partial charge in [0.05, 0.1) is 3.79 Å². The summed E-state index contributed by atoms with van der Waals surface area (Å²) >= 11 is 4.51. The average molecular weight is 367 g/mol. The Bertz CT molecular complexity index is 496. The molecular weight excluding hydrogens is 348 g/mol. The summed E-state index contributed by atoms with van der Waals surface area (Å²) in [6, 6.07) is 3.38. The van der Waals surface area contributed by atoms with Crippen LogP contribution in [-0.4, -0.2) is 39.5 Å². The van der Waals surface area contributed by atoms with Crippen molar-refractivity contribution in [2.75, 3.05) is 26.2 Å². The molecule has 0 bridgehead atoms. The number of hydrogen-bond donors (Lipinski definition) is 1. The molecular formula is C12H19BrN2O2S2. The van der Waals surface area contributed by atoms with E-state index >= 15 is 0 Å². The van der Waals surface area contributed by atoms with Crippen LogP contribution in [0, 0.1) is 0 Å². The van der Waals surface area contributed by atoms with Crippen LogP contribution in [-0.2, 0) is 10.0 Å². The normalized spacial score (nSPS) is 17.7. The summed E-state index contributed by atoms with van der Waals surface area (Å²) in [7, 11) is -3.32. The summed E-state index contributed by atoms with van der Waals surface area (Å²) < 4.78 is 27.8. The summed E-state index contributed by atoms with van der Waals surface area (Å²) in [6.45, 7) is 3.81. The van der Waals surface area contributed by atoms with Crippen LogP contribution in [0.5, 0.6) is 0 Å². The van der Waals surface area contributed by atoms with Crippen LogP contribution in [0.1, 0.15) is 25.7 Å². The lowest BCUT2D eigenvalue weighted by atomic mass is 10.1. The Hall–Kier alpha value is 0.0500. The maximum Gasteiger partial charge on any atom is 0.250 e. The van der Waals surface area contributed by atoms with Crippen LogP contribution in [0.15, 0.2) is 20.1 Å². The van der Waals surface area contributed by atoms with Gasteiger partial charge in [-0.25, -0.2) is 13.1 Å². The molecule has 0 aliphatic carbocycles. The Morgan fingerprint density at radius 2 is 2.00 bits per heavy atom. The number of halogens is 1. The van der Waals surface area contributed by atoms with E-state index in [0.717, 1.165) is 29.8 Å². The lowest BCUT2D eigenvalue weighted by Gasteiger charge is -2.26. The van der Waals surface area contributed by atoms with Crippen LogP contribution < -0.4 is 4.72 Å². The lowest BCUT2D eigenvalue weighted by Crippen LogP contribution is -2.33. The van der Waals surface area contributed by atoms with E-state index in [2.05, 4.69) is 25.6 Å². The summed E-state index contributed by atoms with van der Waals surface area (Å²) in [5.74, 6) is 0.